The molecule has 0 fully saturated rings. The molecule has 0 spiro atoms. The number of carbonyl (C=O) groups excluding carboxylic acids is 1. The predicted octanol–water partition coefficient (Wildman–Crippen LogP) is 2.24. The lowest BCUT2D eigenvalue weighted by Crippen LogP contribution is -2.32. The Balaban J connectivity index is 0.00000200. The fourth-order valence-corrected chi connectivity index (χ4v) is 2.52. The number of nitrogens with one attached hydrogen (secondary N) is 1. The van der Waals surface area contributed by atoms with Crippen molar-refractivity contribution in [1.82, 2.24) is 5.32 Å². The maximum absolute atomic E-state index is 11.8. The quantitative estimate of drug-likeness (QED) is 0.875. The highest BCUT2D eigenvalue weighted by molar-refractivity contribution is 5.85. The minimum absolute atomic E-state index is 0. The summed E-state index contributed by atoms with van der Waals surface area (Å²) in [4.78, 5) is 11.8. The van der Waals surface area contributed by atoms with Crippen molar-refractivity contribution in [2.75, 3.05) is 13.1 Å². The van der Waals surface area contributed by atoms with Gasteiger partial charge >= 0.3 is 0 Å². The molecule has 0 saturated heterocycles. The normalized spacial score (nSPS) is 14.9. The van der Waals surface area contributed by atoms with Gasteiger partial charge in [0.05, 0.1) is 6.42 Å². The lowest BCUT2D eigenvalue weighted by atomic mass is 9.90. The smallest absolute Gasteiger partial charge is 0.224 e. The maximum atomic E-state index is 11.8. The van der Waals surface area contributed by atoms with Gasteiger partial charge in [-0.25, -0.2) is 0 Å². The summed E-state index contributed by atoms with van der Waals surface area (Å²) in [5.41, 5.74) is 9.56. The number of carbonyl (C=O) groups is 1. The molecular formula is C16H25ClN2O. The van der Waals surface area contributed by atoms with Gasteiger partial charge in [0.25, 0.3) is 0 Å². The fourth-order valence-electron chi connectivity index (χ4n) is 2.52. The molecule has 1 aliphatic rings. The summed E-state index contributed by atoms with van der Waals surface area (Å²) in [6.07, 6.45) is 5.40. The van der Waals surface area contributed by atoms with Gasteiger partial charge in [0, 0.05) is 6.54 Å². The topological polar surface area (TPSA) is 55.1 Å². The van der Waals surface area contributed by atoms with Gasteiger partial charge in [0.15, 0.2) is 0 Å². The molecule has 0 radical (unpaired) electrons. The number of hydrogen-bond donors (Lipinski definition) is 2. The Bertz CT molecular complexity index is 448. The first kappa shape index (κ1) is 17.0. The molecule has 3 N–H and O–H groups in total. The number of hydrogen-bond acceptors (Lipinski definition) is 2. The Morgan fingerprint density at radius 1 is 1.30 bits per heavy atom. The lowest BCUT2D eigenvalue weighted by Gasteiger charge is -2.16. The van der Waals surface area contributed by atoms with E-state index in [0.29, 0.717) is 25.4 Å². The number of amides is 1. The van der Waals surface area contributed by atoms with Crippen LogP contribution in [0.4, 0.5) is 0 Å². The van der Waals surface area contributed by atoms with Crippen molar-refractivity contribution in [3.05, 3.63) is 34.9 Å². The highest BCUT2D eigenvalue weighted by atomic mass is 35.5. The first-order chi connectivity index (χ1) is 9.19. The zero-order valence-electron chi connectivity index (χ0n) is 12.2. The Kier molecular flexibility index (Phi) is 7.03. The Hall–Kier alpha value is -1.06. The first-order valence-corrected chi connectivity index (χ1v) is 7.26. The number of halogens is 1. The van der Waals surface area contributed by atoms with Crippen LogP contribution in [-0.4, -0.2) is 19.0 Å². The van der Waals surface area contributed by atoms with E-state index in [4.69, 9.17) is 5.73 Å². The maximum Gasteiger partial charge on any atom is 0.224 e. The van der Waals surface area contributed by atoms with Crippen LogP contribution < -0.4 is 11.1 Å². The Morgan fingerprint density at radius 2 is 2.00 bits per heavy atom. The van der Waals surface area contributed by atoms with E-state index in [2.05, 4.69) is 23.5 Å². The van der Waals surface area contributed by atoms with Crippen LogP contribution in [-0.2, 0) is 24.1 Å². The minimum atomic E-state index is 0. The number of fused-ring (bicyclic) bond motifs is 1. The molecule has 2 rings (SSSR count). The number of aryl methyl sites for hydroxylation is 2. The molecule has 1 aromatic carbocycles. The van der Waals surface area contributed by atoms with E-state index in [9.17, 15) is 4.79 Å². The molecule has 1 amide bonds. The van der Waals surface area contributed by atoms with Crippen LogP contribution in [0, 0.1) is 5.92 Å². The lowest BCUT2D eigenvalue weighted by molar-refractivity contribution is -0.120. The SMILES string of the molecule is CC(CN)CNC(=O)Cc1ccc2c(c1)CCCC2.Cl. The van der Waals surface area contributed by atoms with E-state index < -0.39 is 0 Å². The van der Waals surface area contributed by atoms with Crippen LogP contribution in [0.5, 0.6) is 0 Å². The fraction of sp³-hybridized carbons (Fsp3) is 0.562. The molecule has 1 unspecified atom stereocenters. The summed E-state index contributed by atoms with van der Waals surface area (Å²) >= 11 is 0. The van der Waals surface area contributed by atoms with Crippen molar-refractivity contribution >= 4 is 18.3 Å². The zero-order chi connectivity index (χ0) is 13.7. The molecule has 3 nitrogen and oxygen atoms in total. The molecule has 112 valence electrons. The van der Waals surface area contributed by atoms with Crippen LogP contribution in [0.2, 0.25) is 0 Å². The molecule has 0 bridgehead atoms. The van der Waals surface area contributed by atoms with Crippen molar-refractivity contribution in [2.45, 2.75) is 39.0 Å². The Labute approximate surface area is 127 Å². The van der Waals surface area contributed by atoms with Gasteiger partial charge in [-0.1, -0.05) is 25.1 Å². The summed E-state index contributed by atoms with van der Waals surface area (Å²) in [6, 6.07) is 6.50. The van der Waals surface area contributed by atoms with Gasteiger partial charge < -0.3 is 11.1 Å². The third-order valence-corrected chi connectivity index (χ3v) is 3.83. The van der Waals surface area contributed by atoms with Gasteiger partial charge in [-0.15, -0.1) is 12.4 Å². The summed E-state index contributed by atoms with van der Waals surface area (Å²) < 4.78 is 0. The van der Waals surface area contributed by atoms with E-state index in [-0.39, 0.29) is 18.3 Å². The van der Waals surface area contributed by atoms with E-state index in [1.54, 1.807) is 0 Å². The molecule has 0 heterocycles. The second kappa shape index (κ2) is 8.28. The van der Waals surface area contributed by atoms with Crippen molar-refractivity contribution < 1.29 is 4.79 Å². The standard InChI is InChI=1S/C16H24N2O.ClH/c1-12(10-17)11-18-16(19)9-13-6-7-14-4-2-3-5-15(14)8-13;/h6-8,12H,2-5,9-11,17H2,1H3,(H,18,19);1H. The van der Waals surface area contributed by atoms with E-state index >= 15 is 0 Å². The molecule has 1 aromatic rings. The highest BCUT2D eigenvalue weighted by Gasteiger charge is 2.11. The Morgan fingerprint density at radius 3 is 2.70 bits per heavy atom. The predicted molar refractivity (Wildman–Crippen MR) is 85.3 cm³/mol. The number of nitrogens with two attached hydrogens (primary N) is 1. The van der Waals surface area contributed by atoms with E-state index in [1.165, 1.54) is 30.4 Å². The van der Waals surface area contributed by atoms with Crippen LogP contribution in [0.15, 0.2) is 18.2 Å². The van der Waals surface area contributed by atoms with E-state index in [0.717, 1.165) is 12.0 Å². The van der Waals surface area contributed by atoms with Crippen LogP contribution in [0.25, 0.3) is 0 Å². The second-order valence-electron chi connectivity index (χ2n) is 5.63. The first-order valence-electron chi connectivity index (χ1n) is 7.26. The number of benzene rings is 1. The summed E-state index contributed by atoms with van der Waals surface area (Å²) in [6.45, 7) is 3.32. The molecular weight excluding hydrogens is 272 g/mol. The van der Waals surface area contributed by atoms with Gasteiger partial charge in [-0.2, -0.15) is 0 Å². The molecule has 0 aliphatic heterocycles. The van der Waals surface area contributed by atoms with Gasteiger partial charge in [-0.3, -0.25) is 4.79 Å². The van der Waals surface area contributed by atoms with Gasteiger partial charge in [0.1, 0.15) is 0 Å². The molecule has 0 aromatic heterocycles. The average molecular weight is 297 g/mol. The largest absolute Gasteiger partial charge is 0.356 e. The van der Waals surface area contributed by atoms with Crippen molar-refractivity contribution in [3.63, 3.8) is 0 Å². The van der Waals surface area contributed by atoms with Crippen molar-refractivity contribution in [1.29, 1.82) is 0 Å². The number of rotatable bonds is 5. The van der Waals surface area contributed by atoms with Gasteiger partial charge in [-0.05, 0) is 54.8 Å². The van der Waals surface area contributed by atoms with Crippen molar-refractivity contribution in [3.8, 4) is 0 Å². The van der Waals surface area contributed by atoms with Crippen LogP contribution in [0.3, 0.4) is 0 Å². The summed E-state index contributed by atoms with van der Waals surface area (Å²) in [7, 11) is 0. The molecule has 1 aliphatic carbocycles. The molecule has 0 saturated carbocycles. The highest BCUT2D eigenvalue weighted by Crippen LogP contribution is 2.22. The molecule has 4 heteroatoms. The molecule has 1 atom stereocenters. The van der Waals surface area contributed by atoms with E-state index in [1.807, 2.05) is 6.92 Å². The zero-order valence-corrected chi connectivity index (χ0v) is 13.0. The van der Waals surface area contributed by atoms with Crippen LogP contribution in [0.1, 0.15) is 36.5 Å². The molecule has 20 heavy (non-hydrogen) atoms. The second-order valence-corrected chi connectivity index (χ2v) is 5.63. The summed E-state index contributed by atoms with van der Waals surface area (Å²) in [5.74, 6) is 0.434. The van der Waals surface area contributed by atoms with Crippen LogP contribution >= 0.6 is 12.4 Å². The third-order valence-electron chi connectivity index (χ3n) is 3.83. The average Bonchev–Trinajstić information content (AvgIpc) is 2.44. The van der Waals surface area contributed by atoms with Crippen molar-refractivity contribution in [2.24, 2.45) is 11.7 Å². The monoisotopic (exact) mass is 296 g/mol. The summed E-state index contributed by atoms with van der Waals surface area (Å²) in [5, 5.41) is 2.94. The third kappa shape index (κ3) is 4.80. The van der Waals surface area contributed by atoms with Gasteiger partial charge in [0.2, 0.25) is 5.91 Å². The minimum Gasteiger partial charge on any atom is -0.356 e.